The van der Waals surface area contributed by atoms with Crippen LogP contribution in [0.1, 0.15) is 0 Å². The molecule has 3 nitrogen and oxygen atoms in total. The van der Waals surface area contributed by atoms with E-state index in [0.29, 0.717) is 6.54 Å². The number of aromatic nitrogens is 1. The molecule has 44 heavy (non-hydrogen) atoms. The molecule has 7 aromatic carbocycles. The molecule has 206 valence electrons. The quantitative estimate of drug-likeness (QED) is 0.217. The molecule has 0 radical (unpaired) electrons. The van der Waals surface area contributed by atoms with E-state index >= 15 is 0 Å². The van der Waals surface area contributed by atoms with Crippen LogP contribution < -0.4 is 5.32 Å². The van der Waals surface area contributed by atoms with Crippen LogP contribution in [0.25, 0.3) is 80.3 Å². The van der Waals surface area contributed by atoms with Gasteiger partial charge in [-0.25, -0.2) is 0 Å². The van der Waals surface area contributed by atoms with E-state index in [1.807, 2.05) is 17.6 Å². The Morgan fingerprint density at radius 3 is 1.93 bits per heavy atom. The summed E-state index contributed by atoms with van der Waals surface area (Å²) in [6, 6.07) is 46.8. The second-order valence-corrected chi connectivity index (χ2v) is 12.7. The molecule has 9 aromatic rings. The van der Waals surface area contributed by atoms with Gasteiger partial charge in [0.1, 0.15) is 0 Å². The van der Waals surface area contributed by atoms with Crippen LogP contribution in [0.2, 0.25) is 0 Å². The van der Waals surface area contributed by atoms with Crippen molar-refractivity contribution in [3.8, 4) is 16.8 Å². The van der Waals surface area contributed by atoms with Crippen LogP contribution >= 0.6 is 11.3 Å². The number of nitrogens with zero attached hydrogens (tertiary/aromatic N) is 2. The Bertz CT molecular complexity index is 2580. The van der Waals surface area contributed by atoms with E-state index < -0.39 is 0 Å². The van der Waals surface area contributed by atoms with E-state index in [2.05, 4.69) is 137 Å². The summed E-state index contributed by atoms with van der Waals surface area (Å²) >= 11 is 1.86. The standard InChI is InChI=1S/C40H25N3S/c1-3-9-26-21-35-32(19-24(26)7-1)33-20-25-8-2-4-10-27(25)22-36(33)43(35)34-16-15-29(39-40(34)42-18-17-41-39)28-13-14-31-30-11-5-6-12-37(30)44-38(31)23-28/h1-17,19-23,42H,18H2. The predicted octanol–water partition coefficient (Wildman–Crippen LogP) is 11.3. The number of aliphatic imine (C=N–C) groups is 1. The fraction of sp³-hybridized carbons (Fsp3) is 0.0250. The predicted molar refractivity (Wildman–Crippen MR) is 191 cm³/mol. The molecule has 2 aromatic heterocycles. The van der Waals surface area contributed by atoms with Crippen LogP contribution in [0, 0.1) is 0 Å². The van der Waals surface area contributed by atoms with Crippen LogP contribution in [0.15, 0.2) is 132 Å². The Hall–Kier alpha value is -5.45. The minimum Gasteiger partial charge on any atom is -0.377 e. The number of hydrogen-bond acceptors (Lipinski definition) is 3. The highest BCUT2D eigenvalue weighted by Crippen LogP contribution is 2.46. The zero-order valence-corrected chi connectivity index (χ0v) is 24.5. The van der Waals surface area contributed by atoms with Crippen molar-refractivity contribution >= 4 is 92.4 Å². The van der Waals surface area contributed by atoms with Gasteiger partial charge in [-0.15, -0.1) is 11.3 Å². The molecule has 3 heterocycles. The van der Waals surface area contributed by atoms with Crippen molar-refractivity contribution in [1.29, 1.82) is 0 Å². The molecule has 0 saturated heterocycles. The molecule has 4 heteroatoms. The Morgan fingerprint density at radius 1 is 0.568 bits per heavy atom. The number of rotatable bonds is 2. The van der Waals surface area contributed by atoms with E-state index in [0.717, 1.165) is 22.6 Å². The molecule has 0 unspecified atom stereocenters. The number of hydrogen-bond donors (Lipinski definition) is 1. The van der Waals surface area contributed by atoms with Gasteiger partial charge in [0.15, 0.2) is 0 Å². The van der Waals surface area contributed by atoms with E-state index in [1.54, 1.807) is 0 Å². The van der Waals surface area contributed by atoms with Crippen molar-refractivity contribution in [1.82, 2.24) is 4.57 Å². The minimum atomic E-state index is 0.696. The maximum absolute atomic E-state index is 5.03. The SMILES string of the molecule is C1=Nc2c(-c3ccc4c(c3)sc3ccccc34)ccc(-n3c4cc5ccccc5cc4c4cc5ccccc5cc43)c2NC1. The third-order valence-corrected chi connectivity index (χ3v) is 10.3. The first-order valence-corrected chi connectivity index (χ1v) is 15.8. The Morgan fingerprint density at radius 2 is 1.20 bits per heavy atom. The fourth-order valence-electron chi connectivity index (χ4n) is 7.13. The van der Waals surface area contributed by atoms with Crippen molar-refractivity contribution in [2.24, 2.45) is 4.99 Å². The molecule has 0 aliphatic carbocycles. The van der Waals surface area contributed by atoms with Crippen LogP contribution in [-0.4, -0.2) is 17.3 Å². The third kappa shape index (κ3) is 3.40. The largest absolute Gasteiger partial charge is 0.377 e. The van der Waals surface area contributed by atoms with Crippen molar-refractivity contribution < 1.29 is 0 Å². The number of benzene rings is 7. The van der Waals surface area contributed by atoms with Gasteiger partial charge in [0.25, 0.3) is 0 Å². The van der Waals surface area contributed by atoms with Crippen molar-refractivity contribution in [3.63, 3.8) is 0 Å². The molecule has 0 spiro atoms. The lowest BCUT2D eigenvalue weighted by molar-refractivity contribution is 1.16. The number of anilines is 1. The number of fused-ring (bicyclic) bond motifs is 9. The van der Waals surface area contributed by atoms with E-state index in [9.17, 15) is 0 Å². The summed E-state index contributed by atoms with van der Waals surface area (Å²) in [4.78, 5) is 5.03. The van der Waals surface area contributed by atoms with Gasteiger partial charge in [0.05, 0.1) is 34.6 Å². The van der Waals surface area contributed by atoms with Crippen LogP contribution in [0.4, 0.5) is 11.4 Å². The van der Waals surface area contributed by atoms with Crippen LogP contribution in [0.5, 0.6) is 0 Å². The van der Waals surface area contributed by atoms with Crippen molar-refractivity contribution in [2.45, 2.75) is 0 Å². The molecular formula is C40H25N3S. The molecule has 1 aliphatic rings. The van der Waals surface area contributed by atoms with E-state index in [1.165, 1.54) is 69.1 Å². The third-order valence-electron chi connectivity index (χ3n) is 9.18. The number of thiophene rings is 1. The molecule has 0 bridgehead atoms. The summed E-state index contributed by atoms with van der Waals surface area (Å²) in [6.07, 6.45) is 1.99. The fourth-order valence-corrected chi connectivity index (χ4v) is 8.28. The van der Waals surface area contributed by atoms with Crippen molar-refractivity contribution in [2.75, 3.05) is 11.9 Å². The lowest BCUT2D eigenvalue weighted by Crippen LogP contribution is -2.11. The van der Waals surface area contributed by atoms with Gasteiger partial charge in [-0.3, -0.25) is 4.99 Å². The second kappa shape index (κ2) is 9.03. The summed E-state index contributed by atoms with van der Waals surface area (Å²) in [7, 11) is 0. The maximum atomic E-state index is 5.03. The molecule has 10 rings (SSSR count). The Labute approximate surface area is 257 Å². The zero-order valence-electron chi connectivity index (χ0n) is 23.7. The highest BCUT2D eigenvalue weighted by atomic mass is 32.1. The van der Waals surface area contributed by atoms with Crippen LogP contribution in [-0.2, 0) is 0 Å². The van der Waals surface area contributed by atoms with Gasteiger partial charge in [0.2, 0.25) is 0 Å². The summed E-state index contributed by atoms with van der Waals surface area (Å²) in [5.41, 5.74) is 7.91. The van der Waals surface area contributed by atoms with Gasteiger partial charge in [-0.1, -0.05) is 78.9 Å². The smallest absolute Gasteiger partial charge is 0.0957 e. The Balaban J connectivity index is 1.26. The lowest BCUT2D eigenvalue weighted by Gasteiger charge is -2.22. The monoisotopic (exact) mass is 579 g/mol. The molecule has 0 saturated carbocycles. The van der Waals surface area contributed by atoms with Gasteiger partial charge in [-0.05, 0) is 75.6 Å². The highest BCUT2D eigenvalue weighted by Gasteiger charge is 2.22. The summed E-state index contributed by atoms with van der Waals surface area (Å²) in [5, 5.41) is 13.9. The Kier molecular flexibility index (Phi) is 4.93. The van der Waals surface area contributed by atoms with E-state index in [4.69, 9.17) is 4.99 Å². The van der Waals surface area contributed by atoms with Gasteiger partial charge in [-0.2, -0.15) is 0 Å². The molecule has 1 N–H and O–H groups in total. The average molecular weight is 580 g/mol. The van der Waals surface area contributed by atoms with Gasteiger partial charge >= 0.3 is 0 Å². The van der Waals surface area contributed by atoms with Gasteiger partial charge in [0, 0.05) is 42.7 Å². The molecule has 0 atom stereocenters. The maximum Gasteiger partial charge on any atom is 0.0957 e. The summed E-state index contributed by atoms with van der Waals surface area (Å²) < 4.78 is 5.06. The minimum absolute atomic E-state index is 0.696. The zero-order chi connectivity index (χ0) is 28.8. The first-order chi connectivity index (χ1) is 21.8. The summed E-state index contributed by atoms with van der Waals surface area (Å²) in [6.45, 7) is 0.696. The first kappa shape index (κ1) is 24.0. The molecular weight excluding hydrogens is 555 g/mol. The second-order valence-electron chi connectivity index (χ2n) is 11.6. The van der Waals surface area contributed by atoms with Crippen molar-refractivity contribution in [3.05, 3.63) is 127 Å². The molecule has 1 aliphatic heterocycles. The topological polar surface area (TPSA) is 29.3 Å². The van der Waals surface area contributed by atoms with Crippen LogP contribution in [0.3, 0.4) is 0 Å². The van der Waals surface area contributed by atoms with E-state index in [-0.39, 0.29) is 0 Å². The van der Waals surface area contributed by atoms with Gasteiger partial charge < -0.3 is 9.88 Å². The summed E-state index contributed by atoms with van der Waals surface area (Å²) in [5.74, 6) is 0. The highest BCUT2D eigenvalue weighted by molar-refractivity contribution is 7.25. The lowest BCUT2D eigenvalue weighted by atomic mass is 9.99. The molecule has 0 amide bonds. The normalized spacial score (nSPS) is 13.0. The first-order valence-electron chi connectivity index (χ1n) is 15.0. The molecule has 0 fully saturated rings. The number of nitrogens with one attached hydrogen (secondary N) is 1. The average Bonchev–Trinajstić information content (AvgIpc) is 3.60.